The summed E-state index contributed by atoms with van der Waals surface area (Å²) in [6, 6.07) is 105. The molecule has 14 aromatic carbocycles. The zero-order valence-electron chi connectivity index (χ0n) is 66.0. The molecule has 510 valence electrons. The van der Waals surface area contributed by atoms with Gasteiger partial charge >= 0.3 is 0 Å². The van der Waals surface area contributed by atoms with Crippen LogP contribution in [0.2, 0.25) is 0 Å². The van der Waals surface area contributed by atoms with E-state index in [1.807, 2.05) is 18.2 Å². The molecule has 5 heteroatoms. The van der Waals surface area contributed by atoms with E-state index in [-0.39, 0.29) is 45.8 Å². The maximum absolute atomic E-state index is 10.2. The van der Waals surface area contributed by atoms with Gasteiger partial charge in [-0.25, -0.2) is 0 Å². The van der Waals surface area contributed by atoms with E-state index < -0.39 is 6.71 Å². The Morgan fingerprint density at radius 2 is 0.695 bits per heavy atom. The van der Waals surface area contributed by atoms with E-state index in [1.54, 1.807) is 0 Å². The van der Waals surface area contributed by atoms with Crippen LogP contribution in [0.3, 0.4) is 0 Å². The minimum absolute atomic E-state index is 0.0784. The quantitative estimate of drug-likeness (QED) is 0.134. The maximum atomic E-state index is 10.2. The Balaban J connectivity index is 1.06. The van der Waals surface area contributed by atoms with Gasteiger partial charge in [0.2, 0.25) is 0 Å². The summed E-state index contributed by atoms with van der Waals surface area (Å²) in [5.41, 5.74) is 29.6. The van der Waals surface area contributed by atoms with Gasteiger partial charge in [-0.1, -0.05) is 326 Å². The molecule has 0 saturated carbocycles. The van der Waals surface area contributed by atoms with Crippen LogP contribution in [0.4, 0.5) is 34.1 Å². The maximum Gasteiger partial charge on any atom is 0.252 e. The SMILES string of the molecule is [2H]c1c([2H])c([2H])c2c(c1[2H])c1ccccc1n2-c1cc2c3c(c1)N(c1c(-c4ccccc4)cccc1-c1ccccc1)c1cc(-n4c5ccc(C(C)(C)C)cc5c5cc(C(C)(C)C)ccc54)ccc1B3c1cc(-c3cc(C(C)(C)C)cc(C(C)(C)C)c3)ccc1N2c1c(-c2ccccc2)cccc1-c1ccccc1. The highest BCUT2D eigenvalue weighted by Crippen LogP contribution is 2.55. The molecule has 18 rings (SSSR count). The lowest BCUT2D eigenvalue weighted by molar-refractivity contribution is 0.569. The zero-order chi connectivity index (χ0) is 75.5. The molecule has 0 bridgehead atoms. The first-order chi connectivity index (χ1) is 52.3. The second-order valence-corrected chi connectivity index (χ2v) is 33.1. The summed E-state index contributed by atoms with van der Waals surface area (Å²) >= 11 is 0. The molecule has 0 aliphatic carbocycles. The molecule has 2 aliphatic rings. The third-order valence-electron chi connectivity index (χ3n) is 22.2. The van der Waals surface area contributed by atoms with Gasteiger partial charge in [0, 0.05) is 72.2 Å². The number of fused-ring (bicyclic) bond motifs is 10. The van der Waals surface area contributed by atoms with Crippen LogP contribution in [0, 0.1) is 0 Å². The minimum atomic E-state index is -0.413. The molecule has 0 amide bonds. The Labute approximate surface area is 624 Å². The van der Waals surface area contributed by atoms with Crippen LogP contribution >= 0.6 is 0 Å². The molecule has 0 radical (unpaired) electrons. The number of anilines is 6. The van der Waals surface area contributed by atoms with Gasteiger partial charge in [-0.05, 0) is 160 Å². The number of aromatic nitrogens is 2. The van der Waals surface area contributed by atoms with E-state index in [1.165, 1.54) is 33.0 Å². The highest BCUT2D eigenvalue weighted by molar-refractivity contribution is 7.00. The number of nitrogens with zero attached hydrogens (tertiary/aromatic N) is 4. The lowest BCUT2D eigenvalue weighted by Crippen LogP contribution is -2.61. The third kappa shape index (κ3) is 11.0. The van der Waals surface area contributed by atoms with Gasteiger partial charge in [0.15, 0.2) is 0 Å². The monoisotopic (exact) mass is 1360 g/mol. The van der Waals surface area contributed by atoms with Crippen molar-refractivity contribution in [2.75, 3.05) is 9.80 Å². The van der Waals surface area contributed by atoms with Crippen molar-refractivity contribution >= 4 is 101 Å². The fraction of sp³-hybridized carbons (Fsp3) is 0.160. The standard InChI is InChI=1S/C100H87BN4/c1-97(2,3)70-48-53-88-82(59-70)83-60-71(98(4,5)6)49-54-89(83)102(88)74-50-51-84-91(61-74)105(96-78(66-35-21-15-22-36-66)43-30-44-79(96)67-37-23-16-24-38-67)93-63-75(103-86-45-27-25-39-80(86)81-40-26-28-46-87(81)103)62-92-94(93)101(84)85-57-68(69-55-72(99(7,8)9)58-73(56-69)100(10,11)12)47-52-90(85)104(92)95-76(64-31-17-13-18-32-64)41-29-42-77(95)65-33-19-14-20-34-65/h13-63H,1-12H3/i25D,27D,39D,45D. The average molecular weight is 1360 g/mol. The van der Waals surface area contributed by atoms with Crippen molar-refractivity contribution in [3.63, 3.8) is 0 Å². The molecule has 0 saturated heterocycles. The predicted octanol–water partition coefficient (Wildman–Crippen LogP) is 25.5. The van der Waals surface area contributed by atoms with Crippen LogP contribution in [0.1, 0.15) is 111 Å². The summed E-state index contributed by atoms with van der Waals surface area (Å²) in [7, 11) is 0. The Bertz CT molecular complexity index is 6170. The van der Waals surface area contributed by atoms with Crippen LogP contribution in [-0.2, 0) is 21.7 Å². The molecule has 16 aromatic rings. The van der Waals surface area contributed by atoms with Gasteiger partial charge in [-0.15, -0.1) is 0 Å². The molecule has 105 heavy (non-hydrogen) atoms. The normalized spacial score (nSPS) is 13.6. The molecule has 0 spiro atoms. The largest absolute Gasteiger partial charge is 0.310 e. The first kappa shape index (κ1) is 60.9. The molecule has 2 aliphatic heterocycles. The van der Waals surface area contributed by atoms with Crippen LogP contribution in [0.25, 0.3) is 111 Å². The van der Waals surface area contributed by atoms with Gasteiger partial charge in [0.25, 0.3) is 6.71 Å². The van der Waals surface area contributed by atoms with Gasteiger partial charge in [0.1, 0.15) is 0 Å². The van der Waals surface area contributed by atoms with E-state index in [0.717, 1.165) is 139 Å². The van der Waals surface area contributed by atoms with Gasteiger partial charge < -0.3 is 18.9 Å². The van der Waals surface area contributed by atoms with E-state index in [4.69, 9.17) is 0 Å². The first-order valence-corrected chi connectivity index (χ1v) is 37.1. The van der Waals surface area contributed by atoms with Gasteiger partial charge in [-0.3, -0.25) is 0 Å². The Kier molecular flexibility index (Phi) is 14.2. The highest BCUT2D eigenvalue weighted by Gasteiger charge is 2.46. The fourth-order valence-electron chi connectivity index (χ4n) is 16.7. The number of benzene rings is 14. The summed E-state index contributed by atoms with van der Waals surface area (Å²) in [6.07, 6.45) is 0. The predicted molar refractivity (Wildman–Crippen MR) is 451 cm³/mol. The van der Waals surface area contributed by atoms with Crippen molar-refractivity contribution in [1.29, 1.82) is 0 Å². The van der Waals surface area contributed by atoms with Crippen molar-refractivity contribution in [1.82, 2.24) is 9.13 Å². The number of para-hydroxylation sites is 4. The van der Waals surface area contributed by atoms with Crippen LogP contribution in [0.5, 0.6) is 0 Å². The van der Waals surface area contributed by atoms with Gasteiger partial charge in [0.05, 0.1) is 44.6 Å². The smallest absolute Gasteiger partial charge is 0.252 e. The Morgan fingerprint density at radius 3 is 1.18 bits per heavy atom. The van der Waals surface area contributed by atoms with E-state index in [2.05, 4.69) is 369 Å². The van der Waals surface area contributed by atoms with Crippen molar-refractivity contribution in [3.8, 4) is 67.0 Å². The Hall–Kier alpha value is -11.7. The van der Waals surface area contributed by atoms with E-state index in [0.29, 0.717) is 10.9 Å². The molecule has 0 atom stereocenters. The van der Waals surface area contributed by atoms with Crippen molar-refractivity contribution in [3.05, 3.63) is 332 Å². The lowest BCUT2D eigenvalue weighted by Gasteiger charge is -2.46. The van der Waals surface area contributed by atoms with E-state index in [9.17, 15) is 5.48 Å². The molecule has 4 nitrogen and oxygen atoms in total. The third-order valence-corrected chi connectivity index (χ3v) is 22.2. The molecule has 0 unspecified atom stereocenters. The number of hydrogen-bond acceptors (Lipinski definition) is 2. The van der Waals surface area contributed by atoms with Crippen LogP contribution in [-0.4, -0.2) is 15.8 Å². The summed E-state index contributed by atoms with van der Waals surface area (Å²) < 4.78 is 43.4. The van der Waals surface area contributed by atoms with Crippen molar-refractivity contribution in [2.45, 2.75) is 105 Å². The number of hydrogen-bond donors (Lipinski definition) is 0. The summed E-state index contributed by atoms with van der Waals surface area (Å²) in [5.74, 6) is 0. The molecule has 0 fully saturated rings. The van der Waals surface area contributed by atoms with Crippen molar-refractivity contribution in [2.24, 2.45) is 0 Å². The second-order valence-electron chi connectivity index (χ2n) is 33.1. The lowest BCUT2D eigenvalue weighted by atomic mass is 9.33. The summed E-state index contributed by atoms with van der Waals surface area (Å²) in [6.45, 7) is 27.3. The molecule has 0 N–H and O–H groups in total. The number of rotatable bonds is 9. The van der Waals surface area contributed by atoms with Crippen molar-refractivity contribution < 1.29 is 5.48 Å². The fourth-order valence-corrected chi connectivity index (χ4v) is 16.7. The molecular weight excluding hydrogens is 1270 g/mol. The molecular formula is C100H87BN4. The molecule has 4 heterocycles. The molecule has 2 aromatic heterocycles. The zero-order valence-corrected chi connectivity index (χ0v) is 62.0. The van der Waals surface area contributed by atoms with Crippen LogP contribution in [0.15, 0.2) is 309 Å². The summed E-state index contributed by atoms with van der Waals surface area (Å²) in [4.78, 5) is 5.15. The second kappa shape index (κ2) is 24.5. The summed E-state index contributed by atoms with van der Waals surface area (Å²) in [5, 5.41) is 3.61. The van der Waals surface area contributed by atoms with Crippen LogP contribution < -0.4 is 26.2 Å². The topological polar surface area (TPSA) is 16.3 Å². The average Bonchev–Trinajstić information content (AvgIpc) is 1.28. The highest BCUT2D eigenvalue weighted by atomic mass is 15.2. The first-order valence-electron chi connectivity index (χ1n) is 39.1. The van der Waals surface area contributed by atoms with Gasteiger partial charge in [-0.2, -0.15) is 0 Å². The Morgan fingerprint density at radius 1 is 0.267 bits per heavy atom. The van der Waals surface area contributed by atoms with E-state index >= 15 is 0 Å². The minimum Gasteiger partial charge on any atom is -0.310 e.